The molecule has 0 aliphatic carbocycles. The van der Waals surface area contributed by atoms with Crippen LogP contribution in [0.3, 0.4) is 0 Å². The van der Waals surface area contributed by atoms with Gasteiger partial charge in [0.2, 0.25) is 0 Å². The third kappa shape index (κ3) is 6.17. The first kappa shape index (κ1) is 23.5. The van der Waals surface area contributed by atoms with Gasteiger partial charge >= 0.3 is 0 Å². The number of aliphatic hydroxyl groups excluding tert-OH is 1. The summed E-state index contributed by atoms with van der Waals surface area (Å²) in [6.07, 6.45) is 10.2. The first-order valence-corrected chi connectivity index (χ1v) is 12.0. The predicted octanol–water partition coefficient (Wildman–Crippen LogP) is 2.51. The molecule has 0 amide bonds. The quantitative estimate of drug-likeness (QED) is 0.615. The van der Waals surface area contributed by atoms with Crippen molar-refractivity contribution in [2.75, 3.05) is 58.9 Å². The third-order valence-electron chi connectivity index (χ3n) is 8.03. The van der Waals surface area contributed by atoms with E-state index < -0.39 is 0 Å². The van der Waals surface area contributed by atoms with Crippen molar-refractivity contribution < 1.29 is 5.11 Å². The van der Waals surface area contributed by atoms with Crippen LogP contribution in [0.1, 0.15) is 51.9 Å². The van der Waals surface area contributed by atoms with Gasteiger partial charge in [0.25, 0.3) is 0 Å². The Morgan fingerprint density at radius 3 is 2.17 bits per heavy atom. The number of aliphatic hydroxyl groups is 1. The Balaban J connectivity index is 1.62. The minimum Gasteiger partial charge on any atom is -0.393 e. The second-order valence-corrected chi connectivity index (χ2v) is 9.87. The smallest absolute Gasteiger partial charge is 0.0866 e. The van der Waals surface area contributed by atoms with Crippen molar-refractivity contribution in [1.82, 2.24) is 14.7 Å². The minimum absolute atomic E-state index is 0.109. The molecule has 6 heteroatoms. The fraction of sp³-hybridized carbons (Fsp3) is 0.875. The highest BCUT2D eigenvalue weighted by molar-refractivity contribution is 5.03. The Hall–Kier alpha value is -1.18. The van der Waals surface area contributed by atoms with E-state index in [-0.39, 0.29) is 11.5 Å². The Morgan fingerprint density at radius 2 is 1.50 bits per heavy atom. The standard InChI is InChI=1S/C24H40N5O/c1-24(21-5-14-28(15-6-21)18-10-25,22-4-2-12-29(20-22)19-11-26)9-3-13-27-16-7-23(30)8-17-27/h9,21-23,30H,2-8,12-20H2,1H3. The van der Waals surface area contributed by atoms with Crippen LogP contribution < -0.4 is 0 Å². The van der Waals surface area contributed by atoms with Crippen LogP contribution in [0.4, 0.5) is 0 Å². The molecule has 1 N–H and O–H groups in total. The highest BCUT2D eigenvalue weighted by atomic mass is 16.3. The lowest BCUT2D eigenvalue weighted by Gasteiger charge is -2.50. The van der Waals surface area contributed by atoms with Crippen molar-refractivity contribution in [3.63, 3.8) is 0 Å². The summed E-state index contributed by atoms with van der Waals surface area (Å²) in [6.45, 7) is 10.8. The molecule has 0 aromatic carbocycles. The van der Waals surface area contributed by atoms with Crippen molar-refractivity contribution in [2.24, 2.45) is 17.3 Å². The summed E-state index contributed by atoms with van der Waals surface area (Å²) in [7, 11) is 0. The molecule has 3 fully saturated rings. The van der Waals surface area contributed by atoms with E-state index in [0.717, 1.165) is 65.1 Å². The minimum atomic E-state index is -0.109. The maximum atomic E-state index is 9.76. The number of piperidine rings is 3. The molecular formula is C24H40N5O. The fourth-order valence-corrected chi connectivity index (χ4v) is 5.99. The molecule has 3 rings (SSSR count). The molecule has 0 bridgehead atoms. The lowest BCUT2D eigenvalue weighted by Crippen LogP contribution is -2.49. The molecule has 3 saturated heterocycles. The molecule has 30 heavy (non-hydrogen) atoms. The maximum absolute atomic E-state index is 9.76. The number of rotatable bonds is 8. The van der Waals surface area contributed by atoms with E-state index in [1.807, 2.05) is 0 Å². The van der Waals surface area contributed by atoms with Crippen LogP contribution in [0.2, 0.25) is 0 Å². The SMILES string of the molecule is CC([CH]CCN1CCC(O)CC1)(C1CCN(CC#N)CC1)C1CCCN(CC#N)C1. The number of nitriles is 2. The molecule has 3 aliphatic heterocycles. The van der Waals surface area contributed by atoms with Gasteiger partial charge in [-0.25, -0.2) is 0 Å². The fourth-order valence-electron chi connectivity index (χ4n) is 5.99. The average molecular weight is 415 g/mol. The van der Waals surface area contributed by atoms with Crippen molar-refractivity contribution in [2.45, 2.75) is 58.0 Å². The lowest BCUT2D eigenvalue weighted by atomic mass is 9.60. The van der Waals surface area contributed by atoms with E-state index in [0.29, 0.717) is 24.9 Å². The van der Waals surface area contributed by atoms with Crippen LogP contribution in [-0.4, -0.2) is 84.8 Å². The zero-order chi connectivity index (χ0) is 21.4. The Labute approximate surface area is 183 Å². The van der Waals surface area contributed by atoms with Crippen LogP contribution in [-0.2, 0) is 0 Å². The molecule has 3 aliphatic rings. The van der Waals surface area contributed by atoms with E-state index in [1.165, 1.54) is 25.7 Å². The van der Waals surface area contributed by atoms with Crippen LogP contribution in [0, 0.1) is 46.3 Å². The van der Waals surface area contributed by atoms with Crippen LogP contribution in [0.25, 0.3) is 0 Å². The molecule has 0 aromatic rings. The first-order valence-electron chi connectivity index (χ1n) is 12.0. The van der Waals surface area contributed by atoms with Gasteiger partial charge in [0.05, 0.1) is 31.3 Å². The zero-order valence-electron chi connectivity index (χ0n) is 18.8. The second kappa shape index (κ2) is 11.4. The topological polar surface area (TPSA) is 77.5 Å². The summed E-state index contributed by atoms with van der Waals surface area (Å²) in [5, 5.41) is 28.0. The monoisotopic (exact) mass is 414 g/mol. The molecule has 2 unspecified atom stereocenters. The molecule has 1 radical (unpaired) electrons. The van der Waals surface area contributed by atoms with Gasteiger partial charge in [-0.1, -0.05) is 6.92 Å². The van der Waals surface area contributed by atoms with Gasteiger partial charge in [0.1, 0.15) is 0 Å². The van der Waals surface area contributed by atoms with Crippen molar-refractivity contribution in [3.8, 4) is 12.1 Å². The predicted molar refractivity (Wildman–Crippen MR) is 118 cm³/mol. The molecule has 2 atom stereocenters. The largest absolute Gasteiger partial charge is 0.393 e. The van der Waals surface area contributed by atoms with E-state index in [1.54, 1.807) is 0 Å². The van der Waals surface area contributed by atoms with E-state index in [9.17, 15) is 10.4 Å². The number of likely N-dealkylation sites (tertiary alicyclic amines) is 3. The normalized spacial score (nSPS) is 27.9. The van der Waals surface area contributed by atoms with E-state index in [4.69, 9.17) is 5.26 Å². The Kier molecular flexibility index (Phi) is 8.96. The summed E-state index contributed by atoms with van der Waals surface area (Å²) in [5.41, 5.74) is 0.183. The highest BCUT2D eigenvalue weighted by Crippen LogP contribution is 2.47. The molecule has 0 spiro atoms. The maximum Gasteiger partial charge on any atom is 0.0866 e. The summed E-state index contributed by atoms with van der Waals surface area (Å²) in [6, 6.07) is 4.66. The molecule has 6 nitrogen and oxygen atoms in total. The molecular weight excluding hydrogens is 374 g/mol. The van der Waals surface area contributed by atoms with Crippen molar-refractivity contribution in [1.29, 1.82) is 10.5 Å². The third-order valence-corrected chi connectivity index (χ3v) is 8.03. The van der Waals surface area contributed by atoms with E-state index in [2.05, 4.69) is 40.2 Å². The number of hydrogen-bond acceptors (Lipinski definition) is 6. The van der Waals surface area contributed by atoms with Gasteiger partial charge in [-0.05, 0) is 94.8 Å². The van der Waals surface area contributed by atoms with Gasteiger partial charge in [0.15, 0.2) is 0 Å². The van der Waals surface area contributed by atoms with Crippen LogP contribution in [0.5, 0.6) is 0 Å². The van der Waals surface area contributed by atoms with Crippen LogP contribution >= 0.6 is 0 Å². The van der Waals surface area contributed by atoms with Gasteiger partial charge in [0, 0.05) is 19.6 Å². The second-order valence-electron chi connectivity index (χ2n) is 9.87. The van der Waals surface area contributed by atoms with Crippen LogP contribution in [0.15, 0.2) is 0 Å². The zero-order valence-corrected chi connectivity index (χ0v) is 18.8. The Morgan fingerprint density at radius 1 is 0.867 bits per heavy atom. The molecule has 3 heterocycles. The Bertz CT molecular complexity index is 598. The summed E-state index contributed by atoms with van der Waals surface area (Å²) < 4.78 is 0. The van der Waals surface area contributed by atoms with Gasteiger partial charge in [-0.15, -0.1) is 0 Å². The molecule has 0 saturated carbocycles. The van der Waals surface area contributed by atoms with Crippen molar-refractivity contribution >= 4 is 0 Å². The number of nitrogens with zero attached hydrogens (tertiary/aromatic N) is 5. The van der Waals surface area contributed by atoms with E-state index >= 15 is 0 Å². The summed E-state index contributed by atoms with van der Waals surface area (Å²) in [5.74, 6) is 1.26. The first-order chi connectivity index (χ1) is 14.5. The average Bonchev–Trinajstić information content (AvgIpc) is 2.76. The summed E-state index contributed by atoms with van der Waals surface area (Å²) in [4.78, 5) is 7.14. The molecule has 167 valence electrons. The van der Waals surface area contributed by atoms with Gasteiger partial charge < -0.3 is 10.0 Å². The highest BCUT2D eigenvalue weighted by Gasteiger charge is 2.43. The lowest BCUT2D eigenvalue weighted by molar-refractivity contribution is 0.0232. The molecule has 0 aromatic heterocycles. The van der Waals surface area contributed by atoms with Gasteiger partial charge in [-0.3, -0.25) is 9.80 Å². The van der Waals surface area contributed by atoms with Gasteiger partial charge in [-0.2, -0.15) is 10.5 Å². The number of hydrogen-bond donors (Lipinski definition) is 1. The van der Waals surface area contributed by atoms with Crippen molar-refractivity contribution in [3.05, 3.63) is 6.42 Å². The summed E-state index contributed by atoms with van der Waals surface area (Å²) >= 11 is 0.